The molecule has 1 rings (SSSR count). The summed E-state index contributed by atoms with van der Waals surface area (Å²) in [4.78, 5) is 5.36. The van der Waals surface area contributed by atoms with Crippen LogP contribution < -0.4 is 5.73 Å². The van der Waals surface area contributed by atoms with Crippen LogP contribution in [0, 0.1) is 5.92 Å². The van der Waals surface area contributed by atoms with Gasteiger partial charge in [0, 0.05) is 17.1 Å². The lowest BCUT2D eigenvalue weighted by atomic mass is 9.90. The number of unbranched alkanes of at least 4 members (excludes halogenated alkanes) is 4. The van der Waals surface area contributed by atoms with Gasteiger partial charge in [-0.2, -0.15) is 0 Å². The number of nitrogens with zero attached hydrogens (tertiary/aromatic N) is 1. The van der Waals surface area contributed by atoms with E-state index in [1.165, 1.54) is 49.8 Å². The van der Waals surface area contributed by atoms with Crippen molar-refractivity contribution >= 4 is 11.3 Å². The summed E-state index contributed by atoms with van der Waals surface area (Å²) < 4.78 is 0. The van der Waals surface area contributed by atoms with Crippen molar-refractivity contribution in [2.75, 3.05) is 0 Å². The minimum absolute atomic E-state index is 0.193. The summed E-state index contributed by atoms with van der Waals surface area (Å²) >= 11 is 1.69. The van der Waals surface area contributed by atoms with Crippen molar-refractivity contribution in [3.05, 3.63) is 16.6 Å². The van der Waals surface area contributed by atoms with Gasteiger partial charge in [0.2, 0.25) is 0 Å². The van der Waals surface area contributed by atoms with Gasteiger partial charge in [-0.3, -0.25) is 4.98 Å². The maximum absolute atomic E-state index is 6.31. The van der Waals surface area contributed by atoms with Crippen molar-refractivity contribution in [1.82, 2.24) is 4.98 Å². The molecule has 0 amide bonds. The van der Waals surface area contributed by atoms with Crippen LogP contribution in [0.4, 0.5) is 0 Å². The molecule has 2 N–H and O–H groups in total. The predicted molar refractivity (Wildman–Crippen MR) is 76.2 cm³/mol. The maximum Gasteiger partial charge on any atom is 0.0794 e. The summed E-state index contributed by atoms with van der Waals surface area (Å²) in [7, 11) is 0. The van der Waals surface area contributed by atoms with Crippen molar-refractivity contribution in [3.8, 4) is 0 Å². The Morgan fingerprint density at radius 2 is 2.00 bits per heavy atom. The molecule has 0 aliphatic rings. The number of nitrogens with two attached hydrogens (primary N) is 1. The molecule has 2 nitrogen and oxygen atoms in total. The smallest absolute Gasteiger partial charge is 0.0794 e. The highest BCUT2D eigenvalue weighted by Crippen LogP contribution is 2.29. The first kappa shape index (κ1) is 14.7. The van der Waals surface area contributed by atoms with Gasteiger partial charge >= 0.3 is 0 Å². The Labute approximate surface area is 110 Å². The molecule has 3 heteroatoms. The second kappa shape index (κ2) is 8.65. The molecule has 0 bridgehead atoms. The van der Waals surface area contributed by atoms with Crippen molar-refractivity contribution in [2.24, 2.45) is 11.7 Å². The van der Waals surface area contributed by atoms with Crippen LogP contribution in [0.5, 0.6) is 0 Å². The maximum atomic E-state index is 6.31. The minimum Gasteiger partial charge on any atom is -0.323 e. The first-order chi connectivity index (χ1) is 8.29. The molecular formula is C14H26N2S. The Bertz CT molecular complexity index is 272. The van der Waals surface area contributed by atoms with E-state index >= 15 is 0 Å². The molecule has 2 unspecified atom stereocenters. The van der Waals surface area contributed by atoms with Crippen LogP contribution in [-0.2, 0) is 0 Å². The molecule has 0 aromatic carbocycles. The average Bonchev–Trinajstić information content (AvgIpc) is 2.87. The molecule has 0 aliphatic heterocycles. The van der Waals surface area contributed by atoms with E-state index in [0.717, 1.165) is 0 Å². The quantitative estimate of drug-likeness (QED) is 0.658. The summed E-state index contributed by atoms with van der Waals surface area (Å²) in [6, 6.07) is 0.193. The SMILES string of the molecule is CCCCCCCC(CC)C(N)c1cncs1. The summed E-state index contributed by atoms with van der Waals surface area (Å²) in [5, 5.41) is 0. The van der Waals surface area contributed by atoms with Crippen LogP contribution >= 0.6 is 11.3 Å². The van der Waals surface area contributed by atoms with Crippen LogP contribution in [0.25, 0.3) is 0 Å². The van der Waals surface area contributed by atoms with Crippen LogP contribution in [0.2, 0.25) is 0 Å². The van der Waals surface area contributed by atoms with Gasteiger partial charge in [-0.25, -0.2) is 0 Å². The van der Waals surface area contributed by atoms with Crippen molar-refractivity contribution in [1.29, 1.82) is 0 Å². The van der Waals surface area contributed by atoms with Gasteiger partial charge in [-0.15, -0.1) is 11.3 Å². The van der Waals surface area contributed by atoms with E-state index in [2.05, 4.69) is 18.8 Å². The van der Waals surface area contributed by atoms with Crippen LogP contribution in [0.3, 0.4) is 0 Å². The van der Waals surface area contributed by atoms with Crippen LogP contribution in [0.1, 0.15) is 69.7 Å². The molecule has 2 atom stereocenters. The monoisotopic (exact) mass is 254 g/mol. The van der Waals surface area contributed by atoms with Crippen molar-refractivity contribution in [2.45, 2.75) is 64.8 Å². The highest BCUT2D eigenvalue weighted by Gasteiger charge is 2.18. The molecule has 0 aliphatic carbocycles. The number of hydrogen-bond acceptors (Lipinski definition) is 3. The third kappa shape index (κ3) is 5.17. The van der Waals surface area contributed by atoms with E-state index in [1.54, 1.807) is 11.3 Å². The second-order valence-electron chi connectivity index (χ2n) is 4.80. The average molecular weight is 254 g/mol. The molecule has 1 aromatic heterocycles. The summed E-state index contributed by atoms with van der Waals surface area (Å²) in [5.41, 5.74) is 8.18. The molecule has 0 saturated heterocycles. The van der Waals surface area contributed by atoms with Gasteiger partial charge in [0.15, 0.2) is 0 Å². The summed E-state index contributed by atoms with van der Waals surface area (Å²) in [6.45, 7) is 4.51. The zero-order valence-corrected chi connectivity index (χ0v) is 12.0. The summed E-state index contributed by atoms with van der Waals surface area (Å²) in [6.07, 6.45) is 11.1. The van der Waals surface area contributed by atoms with E-state index in [9.17, 15) is 0 Å². The Morgan fingerprint density at radius 1 is 1.24 bits per heavy atom. The van der Waals surface area contributed by atoms with Crippen LogP contribution in [0.15, 0.2) is 11.7 Å². The predicted octanol–water partition coefficient (Wildman–Crippen LogP) is 4.53. The zero-order chi connectivity index (χ0) is 12.5. The van der Waals surface area contributed by atoms with Gasteiger partial charge in [-0.05, 0) is 12.3 Å². The second-order valence-corrected chi connectivity index (χ2v) is 5.72. The molecule has 17 heavy (non-hydrogen) atoms. The lowest BCUT2D eigenvalue weighted by Crippen LogP contribution is -2.20. The van der Waals surface area contributed by atoms with Crippen molar-refractivity contribution < 1.29 is 0 Å². The molecule has 98 valence electrons. The Balaban J connectivity index is 2.28. The van der Waals surface area contributed by atoms with E-state index < -0.39 is 0 Å². The van der Waals surface area contributed by atoms with Crippen LogP contribution in [-0.4, -0.2) is 4.98 Å². The fourth-order valence-corrected chi connectivity index (χ4v) is 2.98. The Kier molecular flexibility index (Phi) is 7.45. The first-order valence-electron chi connectivity index (χ1n) is 6.93. The molecule has 1 aromatic rings. The lowest BCUT2D eigenvalue weighted by molar-refractivity contribution is 0.375. The molecular weight excluding hydrogens is 228 g/mol. The van der Waals surface area contributed by atoms with Crippen molar-refractivity contribution in [3.63, 3.8) is 0 Å². The summed E-state index contributed by atoms with van der Waals surface area (Å²) in [5.74, 6) is 0.622. The van der Waals surface area contributed by atoms with Gasteiger partial charge in [0.05, 0.1) is 5.51 Å². The molecule has 1 heterocycles. The minimum atomic E-state index is 0.193. The fourth-order valence-electron chi connectivity index (χ4n) is 2.27. The fraction of sp³-hybridized carbons (Fsp3) is 0.786. The van der Waals surface area contributed by atoms with Gasteiger partial charge in [0.1, 0.15) is 0 Å². The largest absolute Gasteiger partial charge is 0.323 e. The van der Waals surface area contributed by atoms with Gasteiger partial charge in [0.25, 0.3) is 0 Å². The first-order valence-corrected chi connectivity index (χ1v) is 7.81. The third-order valence-electron chi connectivity index (χ3n) is 3.49. The van der Waals surface area contributed by atoms with Gasteiger partial charge < -0.3 is 5.73 Å². The highest BCUT2D eigenvalue weighted by atomic mass is 32.1. The zero-order valence-electron chi connectivity index (χ0n) is 11.2. The van der Waals surface area contributed by atoms with E-state index in [4.69, 9.17) is 5.73 Å². The molecule has 0 fully saturated rings. The van der Waals surface area contributed by atoms with Gasteiger partial charge in [-0.1, -0.05) is 52.4 Å². The number of aromatic nitrogens is 1. The highest BCUT2D eigenvalue weighted by molar-refractivity contribution is 7.09. The van der Waals surface area contributed by atoms with E-state index in [-0.39, 0.29) is 6.04 Å². The molecule has 0 spiro atoms. The molecule has 0 radical (unpaired) electrons. The molecule has 0 saturated carbocycles. The third-order valence-corrected chi connectivity index (χ3v) is 4.37. The lowest BCUT2D eigenvalue weighted by Gasteiger charge is -2.21. The van der Waals surface area contributed by atoms with E-state index in [1.807, 2.05) is 11.7 Å². The number of thiazole rings is 1. The Hall–Kier alpha value is -0.410. The Morgan fingerprint density at radius 3 is 2.59 bits per heavy atom. The van der Waals surface area contributed by atoms with E-state index in [0.29, 0.717) is 5.92 Å². The normalized spacial score (nSPS) is 14.8. The number of hydrogen-bond donors (Lipinski definition) is 1. The standard InChI is InChI=1S/C14H26N2S/c1-3-5-6-7-8-9-12(4-2)14(15)13-10-16-11-17-13/h10-12,14H,3-9,15H2,1-2H3. The number of rotatable bonds is 9. The topological polar surface area (TPSA) is 38.9 Å².